The van der Waals surface area contributed by atoms with E-state index >= 15 is 0 Å². The number of nitrogens with zero attached hydrogens (tertiary/aromatic N) is 6. The third kappa shape index (κ3) is 3.22. The van der Waals surface area contributed by atoms with Gasteiger partial charge in [-0.25, -0.2) is 4.68 Å². The number of carbonyl (C=O) groups is 1. The second-order valence-electron chi connectivity index (χ2n) is 5.87. The topological polar surface area (TPSA) is 82.6 Å². The van der Waals surface area contributed by atoms with Gasteiger partial charge >= 0.3 is 0 Å². The van der Waals surface area contributed by atoms with Crippen molar-refractivity contribution in [2.75, 3.05) is 0 Å². The minimum absolute atomic E-state index is 0.203. The smallest absolute Gasteiger partial charge is 0.272 e. The Morgan fingerprint density at radius 3 is 2.67 bits per heavy atom. The highest BCUT2D eigenvalue weighted by atomic mass is 16.1. The van der Waals surface area contributed by atoms with Crippen molar-refractivity contribution in [3.8, 4) is 0 Å². The molecule has 0 aliphatic rings. The molecule has 126 valence electrons. The Morgan fingerprint density at radius 2 is 2.04 bits per heavy atom. The van der Waals surface area contributed by atoms with Crippen LogP contribution in [0.2, 0.25) is 0 Å². The molecule has 3 rings (SSSR count). The molecule has 0 saturated heterocycles. The van der Waals surface area contributed by atoms with E-state index in [0.29, 0.717) is 18.9 Å². The second kappa shape index (κ2) is 6.31. The first kappa shape index (κ1) is 16.0. The molecule has 3 aromatic heterocycles. The molecule has 24 heavy (non-hydrogen) atoms. The highest BCUT2D eigenvalue weighted by Crippen LogP contribution is 2.06. The summed E-state index contributed by atoms with van der Waals surface area (Å²) in [6.07, 6.45) is 3.54. The molecule has 0 aromatic carbocycles. The van der Waals surface area contributed by atoms with Crippen molar-refractivity contribution in [2.24, 2.45) is 7.05 Å². The quantitative estimate of drug-likeness (QED) is 0.763. The molecule has 0 radical (unpaired) electrons. The van der Waals surface area contributed by atoms with Gasteiger partial charge in [0, 0.05) is 36.7 Å². The van der Waals surface area contributed by atoms with E-state index in [-0.39, 0.29) is 5.91 Å². The summed E-state index contributed by atoms with van der Waals surface area (Å²) >= 11 is 0. The molecule has 0 atom stereocenters. The predicted molar refractivity (Wildman–Crippen MR) is 88.4 cm³/mol. The number of rotatable bonds is 5. The highest BCUT2D eigenvalue weighted by molar-refractivity contribution is 5.92. The molecule has 0 aliphatic heterocycles. The van der Waals surface area contributed by atoms with Crippen molar-refractivity contribution in [2.45, 2.75) is 34.0 Å². The van der Waals surface area contributed by atoms with Crippen LogP contribution in [0.4, 0.5) is 0 Å². The van der Waals surface area contributed by atoms with Gasteiger partial charge in [-0.2, -0.15) is 15.3 Å². The molecule has 3 aromatic rings. The first-order chi connectivity index (χ1) is 11.4. The normalized spacial score (nSPS) is 11.0. The number of hydrogen-bond acceptors (Lipinski definition) is 4. The first-order valence-electron chi connectivity index (χ1n) is 7.74. The Hall–Kier alpha value is -2.90. The molecule has 1 N–H and O–H groups in total. The average molecular weight is 327 g/mol. The molecule has 0 fully saturated rings. The van der Waals surface area contributed by atoms with Crippen LogP contribution < -0.4 is 5.32 Å². The summed E-state index contributed by atoms with van der Waals surface area (Å²) in [5.74, 6) is -0.203. The third-order valence-corrected chi connectivity index (χ3v) is 4.03. The van der Waals surface area contributed by atoms with Gasteiger partial charge in [-0.3, -0.25) is 14.2 Å². The lowest BCUT2D eigenvalue weighted by Gasteiger charge is -2.05. The van der Waals surface area contributed by atoms with Crippen LogP contribution in [0.15, 0.2) is 24.5 Å². The molecular weight excluding hydrogens is 306 g/mol. The summed E-state index contributed by atoms with van der Waals surface area (Å²) in [5, 5.41) is 15.7. The number of amides is 1. The maximum absolute atomic E-state index is 12.2. The minimum Gasteiger partial charge on any atom is -0.346 e. The van der Waals surface area contributed by atoms with Crippen molar-refractivity contribution in [1.82, 2.24) is 34.7 Å². The lowest BCUT2D eigenvalue weighted by molar-refractivity contribution is 0.0945. The fourth-order valence-electron chi connectivity index (χ4n) is 2.50. The van der Waals surface area contributed by atoms with Gasteiger partial charge in [0.1, 0.15) is 12.4 Å². The molecule has 0 aliphatic carbocycles. The van der Waals surface area contributed by atoms with Gasteiger partial charge < -0.3 is 5.32 Å². The van der Waals surface area contributed by atoms with Crippen LogP contribution in [0.5, 0.6) is 0 Å². The Morgan fingerprint density at radius 1 is 1.25 bits per heavy atom. The first-order valence-corrected chi connectivity index (χ1v) is 7.74. The number of aryl methyl sites for hydroxylation is 3. The summed E-state index contributed by atoms with van der Waals surface area (Å²) < 4.78 is 5.33. The van der Waals surface area contributed by atoms with E-state index in [1.165, 1.54) is 0 Å². The van der Waals surface area contributed by atoms with E-state index in [1.807, 2.05) is 38.6 Å². The minimum atomic E-state index is -0.203. The average Bonchev–Trinajstić information content (AvgIpc) is 3.21. The van der Waals surface area contributed by atoms with Crippen molar-refractivity contribution in [1.29, 1.82) is 0 Å². The van der Waals surface area contributed by atoms with Crippen LogP contribution in [-0.2, 0) is 20.3 Å². The zero-order valence-corrected chi connectivity index (χ0v) is 14.3. The molecule has 8 heteroatoms. The van der Waals surface area contributed by atoms with Gasteiger partial charge in [-0.15, -0.1) is 0 Å². The van der Waals surface area contributed by atoms with E-state index in [1.54, 1.807) is 27.8 Å². The molecule has 0 unspecified atom stereocenters. The summed E-state index contributed by atoms with van der Waals surface area (Å²) in [5.41, 5.74) is 4.43. The molecule has 0 bridgehead atoms. The Labute approximate surface area is 140 Å². The fraction of sp³-hybridized carbons (Fsp3) is 0.375. The van der Waals surface area contributed by atoms with Gasteiger partial charge in [0.2, 0.25) is 0 Å². The monoisotopic (exact) mass is 327 g/mol. The van der Waals surface area contributed by atoms with Crippen LogP contribution in [0, 0.1) is 20.8 Å². The number of hydrogen-bond donors (Lipinski definition) is 1. The number of aromatic nitrogens is 6. The number of nitrogens with one attached hydrogen (secondary N) is 1. The van der Waals surface area contributed by atoms with Gasteiger partial charge in [0.05, 0.1) is 11.9 Å². The molecule has 0 spiro atoms. The van der Waals surface area contributed by atoms with Crippen molar-refractivity contribution >= 4 is 5.91 Å². The maximum atomic E-state index is 12.2. The third-order valence-electron chi connectivity index (χ3n) is 4.03. The zero-order chi connectivity index (χ0) is 17.3. The van der Waals surface area contributed by atoms with Crippen molar-refractivity contribution < 1.29 is 4.79 Å². The molecule has 0 saturated carbocycles. The van der Waals surface area contributed by atoms with Gasteiger partial charge in [-0.1, -0.05) is 0 Å². The largest absolute Gasteiger partial charge is 0.346 e. The SMILES string of the molecule is Cc1cc(C)n(Cn2ccc(C(=O)NCc3cnn(C)c3C)n2)n1. The van der Waals surface area contributed by atoms with Crippen LogP contribution in [0.25, 0.3) is 0 Å². The molecular formula is C16H21N7O. The highest BCUT2D eigenvalue weighted by Gasteiger charge is 2.11. The molecule has 1 amide bonds. The van der Waals surface area contributed by atoms with E-state index in [0.717, 1.165) is 22.6 Å². The Bertz CT molecular complexity index is 871. The van der Waals surface area contributed by atoms with E-state index in [9.17, 15) is 4.79 Å². The summed E-state index contributed by atoms with van der Waals surface area (Å²) in [4.78, 5) is 12.2. The lowest BCUT2D eigenvalue weighted by atomic mass is 10.2. The Balaban J connectivity index is 1.63. The van der Waals surface area contributed by atoms with Gasteiger partial charge in [0.25, 0.3) is 5.91 Å². The van der Waals surface area contributed by atoms with Crippen LogP contribution in [-0.4, -0.2) is 35.2 Å². The van der Waals surface area contributed by atoms with Gasteiger partial charge in [-0.05, 0) is 32.9 Å². The van der Waals surface area contributed by atoms with Crippen molar-refractivity contribution in [3.05, 3.63) is 52.9 Å². The van der Waals surface area contributed by atoms with Crippen LogP contribution in [0.3, 0.4) is 0 Å². The summed E-state index contributed by atoms with van der Waals surface area (Å²) in [6.45, 7) is 6.83. The zero-order valence-electron chi connectivity index (χ0n) is 14.3. The lowest BCUT2D eigenvalue weighted by Crippen LogP contribution is -2.24. The second-order valence-corrected chi connectivity index (χ2v) is 5.87. The number of carbonyl (C=O) groups excluding carboxylic acids is 1. The van der Waals surface area contributed by atoms with Crippen LogP contribution in [0.1, 0.15) is 33.1 Å². The standard InChI is InChI=1S/C16H21N7O/c1-11-7-12(2)23(19-11)10-22-6-5-15(20-22)16(24)17-8-14-9-18-21(4)13(14)3/h5-7,9H,8,10H2,1-4H3,(H,17,24). The van der Waals surface area contributed by atoms with E-state index in [4.69, 9.17) is 0 Å². The summed E-state index contributed by atoms with van der Waals surface area (Å²) in [6, 6.07) is 3.71. The van der Waals surface area contributed by atoms with Gasteiger partial charge in [0.15, 0.2) is 0 Å². The fourth-order valence-corrected chi connectivity index (χ4v) is 2.50. The van der Waals surface area contributed by atoms with Crippen molar-refractivity contribution in [3.63, 3.8) is 0 Å². The summed E-state index contributed by atoms with van der Waals surface area (Å²) in [7, 11) is 1.88. The van der Waals surface area contributed by atoms with Crippen LogP contribution >= 0.6 is 0 Å². The molecule has 8 nitrogen and oxygen atoms in total. The maximum Gasteiger partial charge on any atom is 0.272 e. The molecule has 3 heterocycles. The Kier molecular flexibility index (Phi) is 4.20. The van der Waals surface area contributed by atoms with E-state index < -0.39 is 0 Å². The van der Waals surface area contributed by atoms with E-state index in [2.05, 4.69) is 20.6 Å². The predicted octanol–water partition coefficient (Wildman–Crippen LogP) is 1.17.